The molecule has 0 radical (unpaired) electrons. The van der Waals surface area contributed by atoms with E-state index in [4.69, 9.17) is 0 Å². The van der Waals surface area contributed by atoms with Crippen LogP contribution in [-0.2, 0) is 20.8 Å². The van der Waals surface area contributed by atoms with E-state index in [-0.39, 0.29) is 47.5 Å². The smallest absolute Gasteiger partial charge is 0.206 e. The molecule has 0 unspecified atom stereocenters. The molecular formula is C33H34O7. The van der Waals surface area contributed by atoms with Crippen LogP contribution in [0, 0.1) is 10.8 Å². The Balaban J connectivity index is 1.72. The van der Waals surface area contributed by atoms with Crippen molar-refractivity contribution in [2.75, 3.05) is 0 Å². The lowest BCUT2D eigenvalue weighted by molar-refractivity contribution is -0.171. The van der Waals surface area contributed by atoms with Crippen molar-refractivity contribution in [1.82, 2.24) is 0 Å². The Morgan fingerprint density at radius 3 is 2.35 bits per heavy atom. The van der Waals surface area contributed by atoms with Crippen molar-refractivity contribution in [2.24, 2.45) is 10.8 Å². The number of hydrogen-bond acceptors (Lipinski definition) is 7. The zero-order valence-corrected chi connectivity index (χ0v) is 23.5. The number of benzene rings is 2. The number of carbonyl (C=O) groups excluding carboxylic acids is 4. The number of aromatic hydroxyl groups is 1. The van der Waals surface area contributed by atoms with E-state index in [1.165, 1.54) is 13.0 Å². The second-order valence-electron chi connectivity index (χ2n) is 12.2. The van der Waals surface area contributed by atoms with Gasteiger partial charge in [-0.15, -0.1) is 0 Å². The average Bonchev–Trinajstić information content (AvgIpc) is 2.86. The fourth-order valence-corrected chi connectivity index (χ4v) is 7.53. The van der Waals surface area contributed by atoms with Crippen LogP contribution < -0.4 is 0 Å². The molecule has 1 saturated carbocycles. The predicted octanol–water partition coefficient (Wildman–Crippen LogP) is 5.46. The van der Waals surface area contributed by atoms with Crippen LogP contribution in [-0.4, -0.2) is 44.1 Å². The Morgan fingerprint density at radius 2 is 1.70 bits per heavy atom. The molecule has 1 fully saturated rings. The Bertz CT molecular complexity index is 1590. The Labute approximate surface area is 233 Å². The highest BCUT2D eigenvalue weighted by molar-refractivity contribution is 6.33. The number of aliphatic hydroxyl groups excluding tert-OH is 1. The number of Topliss-reactive ketones (excluding diaryl/α,β-unsaturated/α-hetero) is 4. The highest BCUT2D eigenvalue weighted by Crippen LogP contribution is 2.62. The van der Waals surface area contributed by atoms with Gasteiger partial charge in [0, 0.05) is 28.4 Å². The Hall–Kier alpha value is -3.84. The molecule has 0 saturated heterocycles. The first-order chi connectivity index (χ1) is 18.7. The third kappa shape index (κ3) is 3.67. The molecule has 40 heavy (non-hydrogen) atoms. The molecule has 2 aromatic rings. The maximum Gasteiger partial charge on any atom is 0.206 e. The highest BCUT2D eigenvalue weighted by atomic mass is 16.3. The summed E-state index contributed by atoms with van der Waals surface area (Å²) in [6.07, 6.45) is 1.73. The van der Waals surface area contributed by atoms with Crippen molar-refractivity contribution in [3.8, 4) is 16.9 Å². The van der Waals surface area contributed by atoms with Crippen LogP contribution >= 0.6 is 0 Å². The van der Waals surface area contributed by atoms with Gasteiger partial charge >= 0.3 is 0 Å². The summed E-state index contributed by atoms with van der Waals surface area (Å²) in [6.45, 7) is 8.36. The van der Waals surface area contributed by atoms with Gasteiger partial charge < -0.3 is 15.3 Å². The van der Waals surface area contributed by atoms with Crippen LogP contribution in [0.25, 0.3) is 16.9 Å². The van der Waals surface area contributed by atoms with Gasteiger partial charge in [0.1, 0.15) is 11.5 Å². The van der Waals surface area contributed by atoms with E-state index in [1.807, 2.05) is 19.9 Å². The van der Waals surface area contributed by atoms with E-state index in [0.29, 0.717) is 28.7 Å². The highest BCUT2D eigenvalue weighted by Gasteiger charge is 2.69. The topological polar surface area (TPSA) is 129 Å². The maximum absolute atomic E-state index is 14.1. The number of phenols is 1. The standard InChI is InChI=1S/C33H34O7/c1-6-8-23(35)20-10-7-9-19(13-20)21-11-12-24(36)26-22(21)15-31(4)16-32(5)14-17(2)25(18(3)34)29(38)33(32,40)30(39)27(31)28(26)37/h7,9-13,36-37,40H,6,8,14-16H2,1-5H3/t31-,32+,33+/m1/s1. The largest absolute Gasteiger partial charge is 0.507 e. The number of ketones is 4. The van der Waals surface area contributed by atoms with Crippen LogP contribution in [0.3, 0.4) is 0 Å². The summed E-state index contributed by atoms with van der Waals surface area (Å²) in [7, 11) is 0. The molecule has 7 heteroatoms. The summed E-state index contributed by atoms with van der Waals surface area (Å²) in [6, 6.07) is 10.4. The second kappa shape index (κ2) is 9.10. The monoisotopic (exact) mass is 542 g/mol. The van der Waals surface area contributed by atoms with Gasteiger partial charge in [0.15, 0.2) is 17.2 Å². The number of carbonyl (C=O) groups is 4. The van der Waals surface area contributed by atoms with Crippen LogP contribution in [0.2, 0.25) is 0 Å². The summed E-state index contributed by atoms with van der Waals surface area (Å²) < 4.78 is 0. The lowest BCUT2D eigenvalue weighted by Crippen LogP contribution is -2.67. The van der Waals surface area contributed by atoms with Crippen LogP contribution in [0.5, 0.6) is 5.75 Å². The zero-order valence-electron chi connectivity index (χ0n) is 23.5. The molecule has 3 atom stereocenters. The van der Waals surface area contributed by atoms with E-state index in [0.717, 1.165) is 12.0 Å². The average molecular weight is 543 g/mol. The molecule has 0 aromatic heterocycles. The normalized spacial score (nSPS) is 27.8. The van der Waals surface area contributed by atoms with Gasteiger partial charge in [-0.25, -0.2) is 0 Å². The molecule has 2 aromatic carbocycles. The second-order valence-corrected chi connectivity index (χ2v) is 12.2. The van der Waals surface area contributed by atoms with Crippen molar-refractivity contribution in [2.45, 2.75) is 72.3 Å². The van der Waals surface area contributed by atoms with Gasteiger partial charge in [0.05, 0.1) is 11.1 Å². The minimum absolute atomic E-state index is 0.0226. The van der Waals surface area contributed by atoms with Gasteiger partial charge in [-0.3, -0.25) is 19.2 Å². The first-order valence-corrected chi connectivity index (χ1v) is 13.7. The summed E-state index contributed by atoms with van der Waals surface area (Å²) in [4.78, 5) is 52.7. The van der Waals surface area contributed by atoms with E-state index >= 15 is 0 Å². The molecule has 0 amide bonds. The molecule has 208 valence electrons. The van der Waals surface area contributed by atoms with Gasteiger partial charge in [-0.1, -0.05) is 50.6 Å². The number of rotatable bonds is 5. The fraction of sp³-hybridized carbons (Fsp3) is 0.394. The zero-order chi connectivity index (χ0) is 29.4. The number of hydrogen-bond donors (Lipinski definition) is 3. The molecule has 0 heterocycles. The van der Waals surface area contributed by atoms with Crippen molar-refractivity contribution in [1.29, 1.82) is 0 Å². The van der Waals surface area contributed by atoms with Gasteiger partial charge in [-0.2, -0.15) is 0 Å². The van der Waals surface area contributed by atoms with Gasteiger partial charge in [0.25, 0.3) is 0 Å². The Kier molecular flexibility index (Phi) is 6.30. The SMILES string of the molecule is CCCC(=O)c1cccc(-c2ccc(O)c3c2C[C@]2(C)C[C@]4(C)CC(C)=C(C(C)=O)C(=O)[C@]4(O)C(=O)C2=C3O)c1. The predicted molar refractivity (Wildman–Crippen MR) is 150 cm³/mol. The van der Waals surface area contributed by atoms with E-state index in [1.54, 1.807) is 38.1 Å². The van der Waals surface area contributed by atoms with E-state index < -0.39 is 39.5 Å². The number of fused-ring (bicyclic) bond motifs is 3. The fourth-order valence-electron chi connectivity index (χ4n) is 7.53. The molecule has 0 spiro atoms. The molecular weight excluding hydrogens is 508 g/mol. The summed E-state index contributed by atoms with van der Waals surface area (Å²) in [5.41, 5.74) is -1.79. The number of phenolic OH excluding ortho intramolecular Hbond substituents is 1. The lowest BCUT2D eigenvalue weighted by atomic mass is 9.46. The number of allylic oxidation sites excluding steroid dienone is 1. The summed E-state index contributed by atoms with van der Waals surface area (Å²) in [5.74, 6) is -3.09. The summed E-state index contributed by atoms with van der Waals surface area (Å²) >= 11 is 0. The van der Waals surface area contributed by atoms with Crippen molar-refractivity contribution >= 4 is 28.9 Å². The van der Waals surface area contributed by atoms with Crippen molar-refractivity contribution < 1.29 is 34.5 Å². The Morgan fingerprint density at radius 1 is 1.00 bits per heavy atom. The maximum atomic E-state index is 14.1. The van der Waals surface area contributed by atoms with Gasteiger partial charge in [-0.05, 0) is 68.4 Å². The van der Waals surface area contributed by atoms with Gasteiger partial charge in [0.2, 0.25) is 11.6 Å². The third-order valence-electron chi connectivity index (χ3n) is 9.11. The van der Waals surface area contributed by atoms with Crippen LogP contribution in [0.4, 0.5) is 0 Å². The minimum atomic E-state index is -2.52. The molecule has 3 aliphatic rings. The first-order valence-electron chi connectivity index (χ1n) is 13.7. The molecule has 0 aliphatic heterocycles. The lowest BCUT2D eigenvalue weighted by Gasteiger charge is -2.56. The molecule has 3 aliphatic carbocycles. The summed E-state index contributed by atoms with van der Waals surface area (Å²) in [5, 5.41) is 34.3. The van der Waals surface area contributed by atoms with Crippen LogP contribution in [0.1, 0.15) is 81.8 Å². The van der Waals surface area contributed by atoms with Crippen molar-refractivity contribution in [3.05, 3.63) is 69.8 Å². The van der Waals surface area contributed by atoms with E-state index in [2.05, 4.69) is 0 Å². The first kappa shape index (κ1) is 27.7. The molecule has 7 nitrogen and oxygen atoms in total. The van der Waals surface area contributed by atoms with Crippen molar-refractivity contribution in [3.63, 3.8) is 0 Å². The quantitative estimate of drug-likeness (QED) is 0.260. The number of aliphatic hydroxyl groups is 2. The minimum Gasteiger partial charge on any atom is -0.507 e. The molecule has 3 N–H and O–H groups in total. The van der Waals surface area contributed by atoms with Crippen LogP contribution in [0.15, 0.2) is 53.1 Å². The molecule has 0 bridgehead atoms. The van der Waals surface area contributed by atoms with E-state index in [9.17, 15) is 34.5 Å². The molecule has 5 rings (SSSR count). The third-order valence-corrected chi connectivity index (χ3v) is 9.11.